The van der Waals surface area contributed by atoms with Gasteiger partial charge in [0.15, 0.2) is 11.8 Å². The molecule has 0 amide bonds. The molecular weight excluding hydrogens is 499 g/mol. The summed E-state index contributed by atoms with van der Waals surface area (Å²) in [6.45, 7) is 5.97. The van der Waals surface area contributed by atoms with Gasteiger partial charge in [0.1, 0.15) is 5.82 Å². The Bertz CT molecular complexity index is 874. The van der Waals surface area contributed by atoms with Gasteiger partial charge in [-0.05, 0) is 37.0 Å². The van der Waals surface area contributed by atoms with Crippen molar-refractivity contribution >= 4 is 41.5 Å². The lowest BCUT2D eigenvalue weighted by atomic mass is 9.96. The highest BCUT2D eigenvalue weighted by Crippen LogP contribution is 2.48. The molecule has 6 nitrogen and oxygen atoms in total. The van der Waals surface area contributed by atoms with Crippen molar-refractivity contribution in [2.75, 3.05) is 13.6 Å². The van der Waals surface area contributed by atoms with Crippen LogP contribution in [0.15, 0.2) is 29.3 Å². The van der Waals surface area contributed by atoms with E-state index in [4.69, 9.17) is 11.6 Å². The van der Waals surface area contributed by atoms with Crippen molar-refractivity contribution in [2.24, 2.45) is 4.99 Å². The molecule has 0 radical (unpaired) electrons. The van der Waals surface area contributed by atoms with Gasteiger partial charge in [0.05, 0.1) is 6.54 Å². The number of rotatable bonds is 5. The number of nitrogens with one attached hydrogen (secondary N) is 2. The summed E-state index contributed by atoms with van der Waals surface area (Å²) in [5.74, 6) is 3.25. The molecule has 0 spiro atoms. The molecule has 0 saturated heterocycles. The van der Waals surface area contributed by atoms with Crippen LogP contribution in [0.3, 0.4) is 0 Å². The summed E-state index contributed by atoms with van der Waals surface area (Å²) < 4.78 is 2.05. The minimum absolute atomic E-state index is 0. The van der Waals surface area contributed by atoms with E-state index in [0.717, 1.165) is 48.6 Å². The summed E-state index contributed by atoms with van der Waals surface area (Å²) in [5.41, 5.74) is 1.49. The molecule has 1 unspecified atom stereocenters. The summed E-state index contributed by atoms with van der Waals surface area (Å²) in [7, 11) is 1.83. The highest BCUT2D eigenvalue weighted by Gasteiger charge is 2.44. The number of aryl methyl sites for hydroxylation is 1. The number of guanidine groups is 1. The lowest BCUT2D eigenvalue weighted by Crippen LogP contribution is -2.48. The van der Waals surface area contributed by atoms with Crippen molar-refractivity contribution in [2.45, 2.75) is 63.5 Å². The van der Waals surface area contributed by atoms with Crippen LogP contribution >= 0.6 is 35.6 Å². The van der Waals surface area contributed by atoms with Crippen LogP contribution in [0.1, 0.15) is 56.2 Å². The predicted molar refractivity (Wildman–Crippen MR) is 128 cm³/mol. The number of halogens is 2. The number of nitrogens with zero attached hydrogens (tertiary/aromatic N) is 4. The number of hydrogen-bond acceptors (Lipinski definition) is 3. The Morgan fingerprint density at radius 2 is 2.17 bits per heavy atom. The second-order valence-corrected chi connectivity index (χ2v) is 8.76. The minimum atomic E-state index is 0. The molecule has 4 rings (SSSR count). The fourth-order valence-electron chi connectivity index (χ4n) is 3.87. The van der Waals surface area contributed by atoms with Crippen molar-refractivity contribution in [1.29, 1.82) is 0 Å². The van der Waals surface area contributed by atoms with Gasteiger partial charge in [-0.25, -0.2) is 9.67 Å². The molecule has 2 heterocycles. The van der Waals surface area contributed by atoms with Crippen LogP contribution in [0.4, 0.5) is 0 Å². The van der Waals surface area contributed by atoms with Crippen LogP contribution in [0.2, 0.25) is 5.02 Å². The Morgan fingerprint density at radius 3 is 2.83 bits per heavy atom. The van der Waals surface area contributed by atoms with Crippen molar-refractivity contribution < 1.29 is 0 Å². The van der Waals surface area contributed by atoms with E-state index >= 15 is 0 Å². The molecule has 0 bridgehead atoms. The summed E-state index contributed by atoms with van der Waals surface area (Å²) in [4.78, 5) is 9.11. The van der Waals surface area contributed by atoms with E-state index in [1.165, 1.54) is 18.4 Å². The zero-order valence-electron chi connectivity index (χ0n) is 17.3. The van der Waals surface area contributed by atoms with E-state index in [2.05, 4.69) is 56.4 Å². The zero-order chi connectivity index (χ0) is 19.7. The van der Waals surface area contributed by atoms with E-state index in [1.807, 2.05) is 19.2 Å². The van der Waals surface area contributed by atoms with E-state index in [0.29, 0.717) is 12.0 Å². The van der Waals surface area contributed by atoms with Gasteiger partial charge in [-0.1, -0.05) is 37.6 Å². The monoisotopic (exact) mass is 528 g/mol. The molecule has 158 valence electrons. The van der Waals surface area contributed by atoms with Crippen molar-refractivity contribution in [3.63, 3.8) is 0 Å². The Balaban J connectivity index is 0.00000240. The molecule has 1 aromatic carbocycles. The molecule has 1 fully saturated rings. The highest BCUT2D eigenvalue weighted by atomic mass is 127. The SMILES string of the molecule is CN=C(NCC1(c2cccc(Cl)c2)CC1)NC1CCc2nc(C(C)C)nn2C1.I. The van der Waals surface area contributed by atoms with E-state index in [9.17, 15) is 0 Å². The molecule has 2 N–H and O–H groups in total. The normalized spacial score (nSPS) is 20.0. The van der Waals surface area contributed by atoms with Gasteiger partial charge in [-0.3, -0.25) is 4.99 Å². The molecule has 1 saturated carbocycles. The molecule has 1 aliphatic heterocycles. The van der Waals surface area contributed by atoms with E-state index in [1.54, 1.807) is 0 Å². The van der Waals surface area contributed by atoms with E-state index < -0.39 is 0 Å². The third-order valence-corrected chi connectivity index (χ3v) is 6.08. The zero-order valence-corrected chi connectivity index (χ0v) is 20.4. The molecule has 29 heavy (non-hydrogen) atoms. The van der Waals surface area contributed by atoms with Crippen LogP contribution in [0.5, 0.6) is 0 Å². The lowest BCUT2D eigenvalue weighted by Gasteiger charge is -2.26. The fraction of sp³-hybridized carbons (Fsp3) is 0.571. The van der Waals surface area contributed by atoms with Gasteiger partial charge in [0.25, 0.3) is 0 Å². The van der Waals surface area contributed by atoms with Gasteiger partial charge in [0, 0.05) is 42.4 Å². The summed E-state index contributed by atoms with van der Waals surface area (Å²) in [5, 5.41) is 12.6. The highest BCUT2D eigenvalue weighted by molar-refractivity contribution is 14.0. The first-order valence-electron chi connectivity index (χ1n) is 10.2. The Labute approximate surface area is 194 Å². The first-order valence-corrected chi connectivity index (χ1v) is 10.5. The Hall–Kier alpha value is -1.35. The van der Waals surface area contributed by atoms with Crippen LogP contribution in [-0.4, -0.2) is 40.4 Å². The van der Waals surface area contributed by atoms with Crippen LogP contribution < -0.4 is 10.6 Å². The van der Waals surface area contributed by atoms with Gasteiger partial charge >= 0.3 is 0 Å². The number of benzene rings is 1. The summed E-state index contributed by atoms with van der Waals surface area (Å²) in [6.07, 6.45) is 4.35. The minimum Gasteiger partial charge on any atom is -0.356 e. The molecule has 2 aromatic rings. The number of aliphatic imine (C=N–C) groups is 1. The molecule has 1 aliphatic carbocycles. The second-order valence-electron chi connectivity index (χ2n) is 8.32. The van der Waals surface area contributed by atoms with Gasteiger partial charge in [0.2, 0.25) is 0 Å². The topological polar surface area (TPSA) is 67.1 Å². The molecular formula is C21H30ClIN6. The summed E-state index contributed by atoms with van der Waals surface area (Å²) in [6, 6.07) is 8.54. The first-order chi connectivity index (χ1) is 13.5. The predicted octanol–water partition coefficient (Wildman–Crippen LogP) is 3.88. The van der Waals surface area contributed by atoms with Crippen molar-refractivity contribution in [3.05, 3.63) is 46.5 Å². The number of aromatic nitrogens is 3. The van der Waals surface area contributed by atoms with Crippen molar-refractivity contribution in [1.82, 2.24) is 25.4 Å². The second kappa shape index (κ2) is 9.20. The lowest BCUT2D eigenvalue weighted by molar-refractivity contribution is 0.391. The maximum Gasteiger partial charge on any atom is 0.191 e. The van der Waals surface area contributed by atoms with Gasteiger partial charge < -0.3 is 10.6 Å². The van der Waals surface area contributed by atoms with Gasteiger partial charge in [-0.2, -0.15) is 5.10 Å². The first kappa shape index (κ1) is 22.3. The third kappa shape index (κ3) is 5.05. The average Bonchev–Trinajstić information content (AvgIpc) is 3.35. The molecule has 1 atom stereocenters. The molecule has 8 heteroatoms. The number of fused-ring (bicyclic) bond motifs is 1. The number of hydrogen-bond donors (Lipinski definition) is 2. The molecule has 2 aliphatic rings. The standard InChI is InChI=1S/C21H29ClN6.HI/c1-14(2)19-26-18-8-7-17(12-28(18)27-19)25-20(23-3)24-13-21(9-10-21)15-5-4-6-16(22)11-15;/h4-6,11,14,17H,7-10,12-13H2,1-3H3,(H2,23,24,25);1H. The van der Waals surface area contributed by atoms with Crippen LogP contribution in [0, 0.1) is 0 Å². The van der Waals surface area contributed by atoms with E-state index in [-0.39, 0.29) is 29.4 Å². The maximum absolute atomic E-state index is 6.19. The molecule has 1 aromatic heterocycles. The van der Waals surface area contributed by atoms with Gasteiger partial charge in [-0.15, -0.1) is 24.0 Å². The average molecular weight is 529 g/mol. The Kier molecular flexibility index (Phi) is 7.09. The van der Waals surface area contributed by atoms with Crippen LogP contribution in [0.25, 0.3) is 0 Å². The Morgan fingerprint density at radius 1 is 1.38 bits per heavy atom. The van der Waals surface area contributed by atoms with Crippen molar-refractivity contribution in [3.8, 4) is 0 Å². The smallest absolute Gasteiger partial charge is 0.191 e. The quantitative estimate of drug-likeness (QED) is 0.351. The fourth-order valence-corrected chi connectivity index (χ4v) is 4.06. The largest absolute Gasteiger partial charge is 0.356 e. The third-order valence-electron chi connectivity index (χ3n) is 5.84. The summed E-state index contributed by atoms with van der Waals surface area (Å²) >= 11 is 6.19. The maximum atomic E-state index is 6.19. The van der Waals surface area contributed by atoms with Crippen LogP contribution in [-0.2, 0) is 18.4 Å².